The summed E-state index contributed by atoms with van der Waals surface area (Å²) in [6.07, 6.45) is 3.67. The van der Waals surface area contributed by atoms with E-state index in [1.807, 2.05) is 48.8 Å². The number of hydrogen-bond donors (Lipinski definition) is 0. The lowest BCUT2D eigenvalue weighted by atomic mass is 9.89. The van der Waals surface area contributed by atoms with Gasteiger partial charge in [0.2, 0.25) is 0 Å². The summed E-state index contributed by atoms with van der Waals surface area (Å²) in [5.41, 5.74) is 7.83. The lowest BCUT2D eigenvalue weighted by molar-refractivity contribution is 1.28. The molecule has 4 rings (SSSR count). The lowest BCUT2D eigenvalue weighted by Crippen LogP contribution is -1.95. The second-order valence-electron chi connectivity index (χ2n) is 5.96. The molecule has 2 heterocycles. The van der Waals surface area contributed by atoms with E-state index in [4.69, 9.17) is 0 Å². The van der Waals surface area contributed by atoms with Gasteiger partial charge in [0.15, 0.2) is 0 Å². The third-order valence-electron chi connectivity index (χ3n) is 4.41. The Morgan fingerprint density at radius 1 is 0.560 bits per heavy atom. The molecule has 25 heavy (non-hydrogen) atoms. The van der Waals surface area contributed by atoms with Crippen molar-refractivity contribution in [1.82, 2.24) is 9.97 Å². The van der Waals surface area contributed by atoms with E-state index in [9.17, 15) is 0 Å². The minimum Gasteiger partial charge on any atom is -0.256 e. The van der Waals surface area contributed by atoms with Crippen molar-refractivity contribution < 1.29 is 0 Å². The van der Waals surface area contributed by atoms with Crippen LogP contribution in [0.2, 0.25) is 0 Å². The predicted molar refractivity (Wildman–Crippen MR) is 103 cm³/mol. The highest BCUT2D eigenvalue weighted by molar-refractivity contribution is 5.88. The van der Waals surface area contributed by atoms with E-state index >= 15 is 0 Å². The first kappa shape index (κ1) is 15.3. The van der Waals surface area contributed by atoms with E-state index in [2.05, 4.69) is 59.4 Å². The van der Waals surface area contributed by atoms with Gasteiger partial charge in [0, 0.05) is 23.5 Å². The minimum atomic E-state index is 0.964. The first-order valence-electron chi connectivity index (χ1n) is 8.36. The summed E-state index contributed by atoms with van der Waals surface area (Å²) in [6, 6.07) is 26.8. The molecule has 0 radical (unpaired) electrons. The maximum Gasteiger partial charge on any atom is 0.0711 e. The molecule has 0 unspecified atom stereocenters. The molecule has 2 aromatic carbocycles. The molecule has 2 nitrogen and oxygen atoms in total. The summed E-state index contributed by atoms with van der Waals surface area (Å²) in [5, 5.41) is 0. The van der Waals surface area contributed by atoms with E-state index in [0.717, 1.165) is 22.5 Å². The van der Waals surface area contributed by atoms with Crippen molar-refractivity contribution in [3.63, 3.8) is 0 Å². The first-order chi connectivity index (χ1) is 12.3. The number of aromatic nitrogens is 2. The average Bonchev–Trinajstić information content (AvgIpc) is 2.70. The monoisotopic (exact) mass is 322 g/mol. The van der Waals surface area contributed by atoms with Crippen molar-refractivity contribution in [3.05, 3.63) is 96.8 Å². The van der Waals surface area contributed by atoms with E-state index < -0.39 is 0 Å². The van der Waals surface area contributed by atoms with Crippen molar-refractivity contribution in [1.29, 1.82) is 0 Å². The molecule has 0 amide bonds. The van der Waals surface area contributed by atoms with Crippen LogP contribution >= 0.6 is 0 Å². The molecule has 0 saturated carbocycles. The van der Waals surface area contributed by atoms with E-state index in [1.165, 1.54) is 16.7 Å². The number of pyridine rings is 2. The normalized spacial score (nSPS) is 10.6. The van der Waals surface area contributed by atoms with Crippen LogP contribution < -0.4 is 0 Å². The van der Waals surface area contributed by atoms with E-state index in [-0.39, 0.29) is 0 Å². The standard InChI is InChI=1S/C23H18N2/c1-17-19(18-9-3-2-4-10-18)13-14-20(21-11-5-7-15-24-21)23(17)22-12-6-8-16-25-22/h2-16H,1H3. The Labute approximate surface area is 147 Å². The van der Waals surface area contributed by atoms with Gasteiger partial charge in [-0.25, -0.2) is 0 Å². The molecule has 0 spiro atoms. The van der Waals surface area contributed by atoms with Gasteiger partial charge in [-0.1, -0.05) is 54.6 Å². The summed E-state index contributed by atoms with van der Waals surface area (Å²) in [5.74, 6) is 0. The van der Waals surface area contributed by atoms with Gasteiger partial charge in [0.25, 0.3) is 0 Å². The molecule has 0 aliphatic rings. The zero-order valence-corrected chi connectivity index (χ0v) is 14.1. The predicted octanol–water partition coefficient (Wildman–Crippen LogP) is 5.79. The van der Waals surface area contributed by atoms with Crippen molar-refractivity contribution in [2.75, 3.05) is 0 Å². The van der Waals surface area contributed by atoms with Gasteiger partial charge >= 0.3 is 0 Å². The Hall–Kier alpha value is -3.26. The highest BCUT2D eigenvalue weighted by atomic mass is 14.7. The zero-order valence-electron chi connectivity index (χ0n) is 14.1. The fourth-order valence-corrected chi connectivity index (χ4v) is 3.22. The van der Waals surface area contributed by atoms with Crippen molar-refractivity contribution in [2.24, 2.45) is 0 Å². The SMILES string of the molecule is Cc1c(-c2ccccc2)ccc(-c2ccccn2)c1-c1ccccn1. The summed E-state index contributed by atoms with van der Waals surface area (Å²) in [4.78, 5) is 9.15. The lowest BCUT2D eigenvalue weighted by Gasteiger charge is -2.16. The third-order valence-corrected chi connectivity index (χ3v) is 4.41. The van der Waals surface area contributed by atoms with Gasteiger partial charge in [-0.15, -0.1) is 0 Å². The van der Waals surface area contributed by atoms with Crippen LogP contribution in [-0.2, 0) is 0 Å². The van der Waals surface area contributed by atoms with Gasteiger partial charge in [0.1, 0.15) is 0 Å². The van der Waals surface area contributed by atoms with E-state index in [1.54, 1.807) is 0 Å². The third kappa shape index (κ3) is 2.94. The Balaban J connectivity index is 2.00. The molecule has 2 aromatic heterocycles. The Bertz CT molecular complexity index is 978. The largest absolute Gasteiger partial charge is 0.256 e. The second-order valence-corrected chi connectivity index (χ2v) is 5.96. The molecule has 0 fully saturated rings. The molecule has 2 heteroatoms. The zero-order chi connectivity index (χ0) is 17.1. The molecular weight excluding hydrogens is 304 g/mol. The van der Waals surface area contributed by atoms with Crippen LogP contribution in [0.25, 0.3) is 33.6 Å². The molecular formula is C23H18N2. The molecule has 0 atom stereocenters. The number of hydrogen-bond acceptors (Lipinski definition) is 2. The molecule has 0 N–H and O–H groups in total. The molecule has 0 saturated heterocycles. The second kappa shape index (κ2) is 6.70. The summed E-state index contributed by atoms with van der Waals surface area (Å²) in [6.45, 7) is 2.17. The number of benzene rings is 2. The van der Waals surface area contributed by atoms with Gasteiger partial charge in [0.05, 0.1) is 11.4 Å². The average molecular weight is 322 g/mol. The smallest absolute Gasteiger partial charge is 0.0711 e. The molecule has 4 aromatic rings. The van der Waals surface area contributed by atoms with Gasteiger partial charge in [-0.3, -0.25) is 9.97 Å². The highest BCUT2D eigenvalue weighted by Gasteiger charge is 2.15. The summed E-state index contributed by atoms with van der Waals surface area (Å²) >= 11 is 0. The van der Waals surface area contributed by atoms with E-state index in [0.29, 0.717) is 0 Å². The van der Waals surface area contributed by atoms with Crippen molar-refractivity contribution in [2.45, 2.75) is 6.92 Å². The Morgan fingerprint density at radius 3 is 1.80 bits per heavy atom. The quantitative estimate of drug-likeness (QED) is 0.477. The Kier molecular flexibility index (Phi) is 4.09. The van der Waals surface area contributed by atoms with Gasteiger partial charge in [-0.2, -0.15) is 0 Å². The Morgan fingerprint density at radius 2 is 1.16 bits per heavy atom. The van der Waals surface area contributed by atoms with Crippen LogP contribution in [0.15, 0.2) is 91.3 Å². The van der Waals surface area contributed by atoms with Crippen LogP contribution in [0.3, 0.4) is 0 Å². The van der Waals surface area contributed by atoms with Gasteiger partial charge in [-0.05, 0) is 47.9 Å². The van der Waals surface area contributed by atoms with Crippen LogP contribution in [0.1, 0.15) is 5.56 Å². The number of rotatable bonds is 3. The van der Waals surface area contributed by atoms with Crippen molar-refractivity contribution in [3.8, 4) is 33.6 Å². The van der Waals surface area contributed by atoms with Crippen LogP contribution in [0.5, 0.6) is 0 Å². The van der Waals surface area contributed by atoms with Gasteiger partial charge < -0.3 is 0 Å². The summed E-state index contributed by atoms with van der Waals surface area (Å²) in [7, 11) is 0. The summed E-state index contributed by atoms with van der Waals surface area (Å²) < 4.78 is 0. The van der Waals surface area contributed by atoms with Crippen molar-refractivity contribution >= 4 is 0 Å². The minimum absolute atomic E-state index is 0.964. The van der Waals surface area contributed by atoms with Crippen LogP contribution in [0.4, 0.5) is 0 Å². The fraction of sp³-hybridized carbons (Fsp3) is 0.0435. The maximum absolute atomic E-state index is 4.60. The fourth-order valence-electron chi connectivity index (χ4n) is 3.22. The molecule has 0 aliphatic heterocycles. The topological polar surface area (TPSA) is 25.8 Å². The maximum atomic E-state index is 4.60. The molecule has 0 aliphatic carbocycles. The molecule has 0 bridgehead atoms. The van der Waals surface area contributed by atoms with Crippen LogP contribution in [-0.4, -0.2) is 9.97 Å². The first-order valence-corrected chi connectivity index (χ1v) is 8.36. The highest BCUT2D eigenvalue weighted by Crippen LogP contribution is 2.37. The van der Waals surface area contributed by atoms with Crippen LogP contribution in [0, 0.1) is 6.92 Å². The number of nitrogens with zero attached hydrogens (tertiary/aromatic N) is 2. The molecule has 120 valence electrons.